The first-order valence-corrected chi connectivity index (χ1v) is 21.7. The molecule has 4 bridgehead atoms. The number of H-pyrrole nitrogens is 2. The standard InChI is InChI=1S/C47H56N8O6/c1-26(2)38(52-44(58)60-5)40(56)54-24-28-16-18-46(54,20-28)42-48-22-36(50-42)31-12-10-30(11-13-31)32-14-15-35(34-9-7-8-33(32)34)37-23-49-43(51-37)47-19-17-29(21-47)25-55(47)41(57)39(27(3)4)53-45(59)61-6/h7-8,10-15,22-23,26-29,38-39H,9,16-21,24-25H2,1-6H3,(H,48,50)(H,49,51)(H,52,58)(H,53,59)/t28-,29-,38-,39-,46?,47+/m0/s1. The highest BCUT2D eigenvalue weighted by Gasteiger charge is 2.58. The van der Waals surface area contributed by atoms with Crippen molar-refractivity contribution in [2.24, 2.45) is 23.7 Å². The molecule has 1 unspecified atom stereocenters. The van der Waals surface area contributed by atoms with E-state index in [-0.39, 0.29) is 23.7 Å². The Balaban J connectivity index is 0.946. The minimum Gasteiger partial charge on any atom is -0.453 e. The smallest absolute Gasteiger partial charge is 0.407 e. The number of likely N-dealkylation sites (tertiary alicyclic amines) is 2. The Morgan fingerprint density at radius 1 is 0.705 bits per heavy atom. The van der Waals surface area contributed by atoms with Crippen LogP contribution in [-0.4, -0.2) is 93.1 Å². The lowest BCUT2D eigenvalue weighted by Crippen LogP contribution is -2.56. The summed E-state index contributed by atoms with van der Waals surface area (Å²) in [7, 11) is 2.62. The van der Waals surface area contributed by atoms with Crippen molar-refractivity contribution in [1.82, 2.24) is 40.4 Å². The lowest BCUT2D eigenvalue weighted by molar-refractivity contribution is -0.141. The van der Waals surface area contributed by atoms with Gasteiger partial charge in [-0.15, -0.1) is 0 Å². The van der Waals surface area contributed by atoms with Crippen molar-refractivity contribution in [3.8, 4) is 33.6 Å². The second-order valence-corrected chi connectivity index (χ2v) is 18.4. The van der Waals surface area contributed by atoms with Crippen LogP contribution in [-0.2, 0) is 36.6 Å². The molecule has 4 N–H and O–H groups in total. The molecule has 2 saturated heterocycles. The van der Waals surface area contributed by atoms with Gasteiger partial charge in [-0.2, -0.15) is 0 Å². The summed E-state index contributed by atoms with van der Waals surface area (Å²) < 4.78 is 9.69. The van der Waals surface area contributed by atoms with Crippen molar-refractivity contribution >= 4 is 30.1 Å². The van der Waals surface area contributed by atoms with Gasteiger partial charge < -0.3 is 39.9 Å². The van der Waals surface area contributed by atoms with E-state index in [1.807, 2.05) is 49.9 Å². The van der Waals surface area contributed by atoms with E-state index in [1.54, 1.807) is 0 Å². The number of aromatic amines is 2. The fourth-order valence-corrected chi connectivity index (χ4v) is 11.0. The van der Waals surface area contributed by atoms with Gasteiger partial charge in [0.05, 0.1) is 38.0 Å². The Bertz CT molecular complexity index is 2400. The van der Waals surface area contributed by atoms with Crippen molar-refractivity contribution in [2.75, 3.05) is 27.3 Å². The van der Waals surface area contributed by atoms with E-state index in [0.717, 1.165) is 90.2 Å². The number of allylic oxidation sites excluding steroid dienone is 1. The number of ether oxygens (including phenoxy) is 2. The van der Waals surface area contributed by atoms with Gasteiger partial charge in [0.1, 0.15) is 34.8 Å². The molecule has 5 aliphatic rings. The van der Waals surface area contributed by atoms with E-state index in [0.29, 0.717) is 24.9 Å². The first kappa shape index (κ1) is 40.5. The molecule has 4 heterocycles. The third-order valence-corrected chi connectivity index (χ3v) is 14.2. The summed E-state index contributed by atoms with van der Waals surface area (Å²) in [6.07, 6.45) is 13.1. The molecule has 2 aromatic carbocycles. The summed E-state index contributed by atoms with van der Waals surface area (Å²) in [5, 5.41) is 5.54. The molecule has 4 amide bonds. The Morgan fingerprint density at radius 3 is 1.70 bits per heavy atom. The van der Waals surface area contributed by atoms with Crippen molar-refractivity contribution in [3.05, 3.63) is 77.6 Å². The number of nitrogens with zero attached hydrogens (tertiary/aromatic N) is 4. The number of fused-ring (bicyclic) bond motifs is 5. The Hall–Kier alpha value is -5.92. The van der Waals surface area contributed by atoms with Crippen LogP contribution in [0.3, 0.4) is 0 Å². The molecule has 14 heteroatoms. The van der Waals surface area contributed by atoms with Crippen LogP contribution in [0, 0.1) is 23.7 Å². The van der Waals surface area contributed by atoms with Crippen LogP contribution in [0.5, 0.6) is 0 Å². The molecule has 320 valence electrons. The van der Waals surface area contributed by atoms with Gasteiger partial charge in [0, 0.05) is 18.7 Å². The summed E-state index contributed by atoms with van der Waals surface area (Å²) in [5.74, 6) is 1.95. The Labute approximate surface area is 356 Å². The monoisotopic (exact) mass is 828 g/mol. The number of methoxy groups -OCH3 is 2. The zero-order valence-corrected chi connectivity index (χ0v) is 35.8. The number of benzene rings is 2. The molecular formula is C47H56N8O6. The predicted molar refractivity (Wildman–Crippen MR) is 230 cm³/mol. The van der Waals surface area contributed by atoms with Crippen LogP contribution in [0.25, 0.3) is 39.7 Å². The highest BCUT2D eigenvalue weighted by Crippen LogP contribution is 2.54. The van der Waals surface area contributed by atoms with Crippen LogP contribution in [0.2, 0.25) is 0 Å². The van der Waals surface area contributed by atoms with Crippen LogP contribution in [0.4, 0.5) is 9.59 Å². The number of alkyl carbamates (subject to hydrolysis) is 2. The topological polar surface area (TPSA) is 175 Å². The molecule has 0 radical (unpaired) electrons. The minimum atomic E-state index is -0.692. The van der Waals surface area contributed by atoms with Gasteiger partial charge in [-0.3, -0.25) is 9.59 Å². The normalized spacial score (nSPS) is 24.4. The SMILES string of the molecule is COC(=O)N[C@H](C(=O)N1C[C@H]2CCC1(c1ncc(-c3ccc(-c4ccc(-c5cnc([C@]67CC[C@H](CN6C(=O)[C@@H](NC(=O)OC)C(C)C)C7)[nH]5)c5c4C=CC5)cc3)[nH]1)C2)C(C)C. The molecule has 2 aliphatic heterocycles. The second-order valence-electron chi connectivity index (χ2n) is 18.4. The van der Waals surface area contributed by atoms with Gasteiger partial charge in [0.25, 0.3) is 0 Å². The largest absolute Gasteiger partial charge is 0.453 e. The number of hydrogen-bond donors (Lipinski definition) is 4. The van der Waals surface area contributed by atoms with Crippen LogP contribution >= 0.6 is 0 Å². The van der Waals surface area contributed by atoms with Crippen LogP contribution < -0.4 is 10.6 Å². The van der Waals surface area contributed by atoms with Gasteiger partial charge in [-0.05, 0) is 96.4 Å². The Morgan fingerprint density at radius 2 is 1.20 bits per heavy atom. The molecule has 2 saturated carbocycles. The minimum absolute atomic E-state index is 0.0979. The zero-order valence-electron chi connectivity index (χ0n) is 35.8. The number of nitrogens with one attached hydrogen (secondary N) is 4. The maximum atomic E-state index is 14.1. The first-order chi connectivity index (χ1) is 29.3. The highest BCUT2D eigenvalue weighted by atomic mass is 16.5. The maximum Gasteiger partial charge on any atom is 0.407 e. The number of imidazole rings is 2. The van der Waals surface area contributed by atoms with Crippen molar-refractivity contribution in [3.63, 3.8) is 0 Å². The number of amides is 4. The van der Waals surface area contributed by atoms with Gasteiger partial charge in [-0.25, -0.2) is 19.6 Å². The third-order valence-electron chi connectivity index (χ3n) is 14.2. The van der Waals surface area contributed by atoms with Crippen molar-refractivity contribution < 1.29 is 28.7 Å². The average Bonchev–Trinajstić information content (AvgIpc) is 4.13. The predicted octanol–water partition coefficient (Wildman–Crippen LogP) is 7.14. The quantitative estimate of drug-likeness (QED) is 0.123. The fraction of sp³-hybridized carbons (Fsp3) is 0.489. The van der Waals surface area contributed by atoms with Gasteiger partial charge >= 0.3 is 12.2 Å². The summed E-state index contributed by atoms with van der Waals surface area (Å²) in [6, 6.07) is 11.5. The van der Waals surface area contributed by atoms with Gasteiger partial charge in [0.2, 0.25) is 11.8 Å². The molecule has 2 aromatic heterocycles. The number of aromatic nitrogens is 4. The summed E-state index contributed by atoms with van der Waals surface area (Å²) >= 11 is 0. The average molecular weight is 829 g/mol. The van der Waals surface area contributed by atoms with Crippen molar-refractivity contribution in [2.45, 2.75) is 95.8 Å². The molecular weight excluding hydrogens is 773 g/mol. The molecule has 0 spiro atoms. The van der Waals surface area contributed by atoms with Crippen LogP contribution in [0.15, 0.2) is 54.9 Å². The number of rotatable bonds is 11. The fourth-order valence-electron chi connectivity index (χ4n) is 11.0. The van der Waals surface area contributed by atoms with E-state index in [2.05, 4.69) is 69.2 Å². The molecule has 4 fully saturated rings. The zero-order chi connectivity index (χ0) is 42.8. The number of piperidine rings is 2. The van der Waals surface area contributed by atoms with Crippen LogP contribution in [0.1, 0.15) is 89.0 Å². The molecule has 3 aliphatic carbocycles. The molecule has 4 aromatic rings. The Kier molecular flexibility index (Phi) is 10.3. The van der Waals surface area contributed by atoms with E-state index in [1.165, 1.54) is 25.3 Å². The van der Waals surface area contributed by atoms with E-state index in [9.17, 15) is 19.2 Å². The number of carbonyl (C=O) groups is 4. The van der Waals surface area contributed by atoms with Gasteiger partial charge in [-0.1, -0.05) is 76.2 Å². The molecule has 6 atom stereocenters. The number of hydrogen-bond acceptors (Lipinski definition) is 8. The lowest BCUT2D eigenvalue weighted by Gasteiger charge is -2.40. The summed E-state index contributed by atoms with van der Waals surface area (Å²) in [6.45, 7) is 9.02. The first-order valence-electron chi connectivity index (χ1n) is 21.7. The summed E-state index contributed by atoms with van der Waals surface area (Å²) in [5.41, 5.74) is 7.46. The van der Waals surface area contributed by atoms with Crippen molar-refractivity contribution in [1.29, 1.82) is 0 Å². The molecule has 61 heavy (non-hydrogen) atoms. The highest BCUT2D eigenvalue weighted by molar-refractivity contribution is 5.89. The van der Waals surface area contributed by atoms with E-state index < -0.39 is 35.3 Å². The number of carbonyl (C=O) groups excluding carboxylic acids is 4. The maximum absolute atomic E-state index is 14.1. The molecule has 9 rings (SSSR count). The van der Waals surface area contributed by atoms with E-state index >= 15 is 0 Å². The van der Waals surface area contributed by atoms with Gasteiger partial charge in [0.15, 0.2) is 0 Å². The second kappa shape index (κ2) is 15.5. The third kappa shape index (κ3) is 6.78. The summed E-state index contributed by atoms with van der Waals surface area (Å²) in [4.78, 5) is 73.4. The lowest BCUT2D eigenvalue weighted by atomic mass is 9.91. The van der Waals surface area contributed by atoms with E-state index in [4.69, 9.17) is 19.4 Å². The molecule has 14 nitrogen and oxygen atoms in total.